The molecule has 1 heterocycles. The smallest absolute Gasteiger partial charge is 0.397 e. The lowest BCUT2D eigenvalue weighted by molar-refractivity contribution is -0.384. The Hall–Kier alpha value is -2.04. The molecule has 1 aromatic rings. The number of aromatic nitrogens is 1. The summed E-state index contributed by atoms with van der Waals surface area (Å²) in [5.41, 5.74) is -0.435. The van der Waals surface area contributed by atoms with Crippen LogP contribution in [0.3, 0.4) is 0 Å². The second-order valence-electron chi connectivity index (χ2n) is 9.46. The van der Waals surface area contributed by atoms with E-state index in [4.69, 9.17) is 20.8 Å². The Balaban J connectivity index is 2.31. The summed E-state index contributed by atoms with van der Waals surface area (Å²) < 4.78 is 11.4. The first-order valence-electron chi connectivity index (χ1n) is 10.8. The molecule has 1 fully saturated rings. The van der Waals surface area contributed by atoms with Gasteiger partial charge in [0.05, 0.1) is 16.6 Å². The zero-order chi connectivity index (χ0) is 24.3. The van der Waals surface area contributed by atoms with Crippen LogP contribution in [0.15, 0.2) is 12.3 Å². The second kappa shape index (κ2) is 10.3. The molecule has 11 heteroatoms. The number of amides is 1. The van der Waals surface area contributed by atoms with Gasteiger partial charge >= 0.3 is 17.6 Å². The number of esters is 1. The summed E-state index contributed by atoms with van der Waals surface area (Å²) in [6.07, 6.45) is 3.65. The molecule has 0 radical (unpaired) electrons. The molecule has 1 aliphatic carbocycles. The third-order valence-corrected chi connectivity index (χ3v) is 10.9. The molecule has 0 bridgehead atoms. The summed E-state index contributed by atoms with van der Waals surface area (Å²) in [6.45, 7) is 12.5. The minimum Gasteiger partial charge on any atom is -0.459 e. The van der Waals surface area contributed by atoms with Gasteiger partial charge in [-0.05, 0) is 50.7 Å². The Bertz CT molecular complexity index is 866. The third kappa shape index (κ3) is 6.05. The minimum atomic E-state index is -1.96. The van der Waals surface area contributed by atoms with Gasteiger partial charge in [-0.3, -0.25) is 19.8 Å². The van der Waals surface area contributed by atoms with Crippen LogP contribution in [0.25, 0.3) is 0 Å². The van der Waals surface area contributed by atoms with Crippen LogP contribution in [0.2, 0.25) is 23.2 Å². The number of carbonyl (C=O) groups excluding carboxylic acids is 2. The van der Waals surface area contributed by atoms with Gasteiger partial charge in [-0.25, -0.2) is 9.78 Å². The summed E-state index contributed by atoms with van der Waals surface area (Å²) in [4.78, 5) is 41.3. The molecule has 9 nitrogen and oxygen atoms in total. The van der Waals surface area contributed by atoms with Crippen molar-refractivity contribution in [2.24, 2.45) is 0 Å². The number of nitrogens with zero attached hydrogens (tertiary/aromatic N) is 3. The molecular formula is C21H32ClN3O6Si. The van der Waals surface area contributed by atoms with E-state index in [2.05, 4.69) is 38.8 Å². The van der Waals surface area contributed by atoms with Crippen molar-refractivity contribution in [3.63, 3.8) is 0 Å². The maximum atomic E-state index is 13.0. The number of hydrogen-bond acceptors (Lipinski definition) is 7. The van der Waals surface area contributed by atoms with Crippen molar-refractivity contribution in [1.82, 2.24) is 4.98 Å². The molecule has 0 saturated heterocycles. The fourth-order valence-electron chi connectivity index (χ4n) is 3.48. The highest BCUT2D eigenvalue weighted by molar-refractivity contribution is 6.74. The highest BCUT2D eigenvalue weighted by Gasteiger charge is 2.42. The monoisotopic (exact) mass is 485 g/mol. The summed E-state index contributed by atoms with van der Waals surface area (Å²) in [5, 5.41) is 11.8. The van der Waals surface area contributed by atoms with Crippen molar-refractivity contribution >= 4 is 43.3 Å². The fourth-order valence-corrected chi connectivity index (χ4v) is 5.06. The average Bonchev–Trinajstić information content (AvgIpc) is 2.69. The van der Waals surface area contributed by atoms with Crippen LogP contribution in [0.1, 0.15) is 53.4 Å². The Kier molecular flexibility index (Phi) is 8.41. The van der Waals surface area contributed by atoms with Gasteiger partial charge in [-0.15, -0.1) is 0 Å². The predicted molar refractivity (Wildman–Crippen MR) is 124 cm³/mol. The fraction of sp³-hybridized carbons (Fsp3) is 0.667. The minimum absolute atomic E-state index is 0.0155. The van der Waals surface area contributed by atoms with Gasteiger partial charge in [-0.2, -0.15) is 0 Å². The van der Waals surface area contributed by atoms with Gasteiger partial charge in [0.15, 0.2) is 8.32 Å². The largest absolute Gasteiger partial charge is 0.459 e. The van der Waals surface area contributed by atoms with Gasteiger partial charge in [0.25, 0.3) is 0 Å². The van der Waals surface area contributed by atoms with E-state index in [0.717, 1.165) is 11.0 Å². The molecule has 2 rings (SSSR count). The lowest BCUT2D eigenvalue weighted by atomic mass is 9.91. The Morgan fingerprint density at radius 2 is 1.88 bits per heavy atom. The standard InChI is InChI=1S/C21H32ClN3O6Si/c1-7-30-20(27)19(26)24(18-17(25(28)29)12-14(22)13-23-18)15-8-10-16(11-9-15)31-32(5,6)21(2,3)4/h12-13,15-16H,7-11H2,1-6H3. The van der Waals surface area contributed by atoms with Crippen LogP contribution in [-0.4, -0.2) is 48.9 Å². The SMILES string of the molecule is CCOC(=O)C(=O)N(c1ncc(Cl)cc1[N+](=O)[O-])C1CCC(O[Si](C)(C)C(C)(C)C)CC1. The van der Waals surface area contributed by atoms with Crippen molar-refractivity contribution in [2.75, 3.05) is 11.5 Å². The molecule has 0 spiro atoms. The highest BCUT2D eigenvalue weighted by atomic mass is 35.5. The van der Waals surface area contributed by atoms with E-state index in [0.29, 0.717) is 25.7 Å². The summed E-state index contributed by atoms with van der Waals surface area (Å²) >= 11 is 5.89. The number of nitro groups is 1. The van der Waals surface area contributed by atoms with E-state index in [-0.39, 0.29) is 28.6 Å². The van der Waals surface area contributed by atoms with Crippen molar-refractivity contribution in [3.05, 3.63) is 27.4 Å². The molecule has 0 unspecified atom stereocenters. The van der Waals surface area contributed by atoms with Crippen LogP contribution >= 0.6 is 11.6 Å². The Morgan fingerprint density at radius 1 is 1.28 bits per heavy atom. The molecule has 0 aromatic carbocycles. The summed E-state index contributed by atoms with van der Waals surface area (Å²) in [7, 11) is -1.96. The first-order chi connectivity index (χ1) is 14.8. The molecule has 1 aliphatic rings. The number of halogens is 1. The molecule has 1 aromatic heterocycles. The number of hydrogen-bond donors (Lipinski definition) is 0. The molecule has 32 heavy (non-hydrogen) atoms. The van der Waals surface area contributed by atoms with E-state index in [9.17, 15) is 19.7 Å². The molecule has 0 atom stereocenters. The Morgan fingerprint density at radius 3 is 2.38 bits per heavy atom. The topological polar surface area (TPSA) is 112 Å². The van der Waals surface area contributed by atoms with Crippen LogP contribution < -0.4 is 4.90 Å². The summed E-state index contributed by atoms with van der Waals surface area (Å²) in [5.74, 6) is -2.25. The third-order valence-electron chi connectivity index (χ3n) is 6.18. The first-order valence-corrected chi connectivity index (χ1v) is 14.0. The molecule has 0 aliphatic heterocycles. The van der Waals surface area contributed by atoms with Crippen LogP contribution in [0, 0.1) is 10.1 Å². The lowest BCUT2D eigenvalue weighted by Gasteiger charge is -2.42. The van der Waals surface area contributed by atoms with Gasteiger partial charge in [-0.1, -0.05) is 32.4 Å². The van der Waals surface area contributed by atoms with E-state index >= 15 is 0 Å². The zero-order valence-corrected chi connectivity index (χ0v) is 21.3. The molecular weight excluding hydrogens is 454 g/mol. The van der Waals surface area contributed by atoms with Crippen molar-refractivity contribution in [3.8, 4) is 0 Å². The maximum absolute atomic E-state index is 13.0. The number of carbonyl (C=O) groups is 2. The van der Waals surface area contributed by atoms with Gasteiger partial charge in [0.2, 0.25) is 5.82 Å². The zero-order valence-electron chi connectivity index (χ0n) is 19.5. The number of rotatable bonds is 6. The van der Waals surface area contributed by atoms with E-state index in [1.807, 2.05) is 0 Å². The van der Waals surface area contributed by atoms with Crippen molar-refractivity contribution in [1.29, 1.82) is 0 Å². The molecule has 178 valence electrons. The maximum Gasteiger partial charge on any atom is 0.397 e. The van der Waals surface area contributed by atoms with E-state index in [1.54, 1.807) is 6.92 Å². The summed E-state index contributed by atoms with van der Waals surface area (Å²) in [6, 6.07) is 0.681. The van der Waals surface area contributed by atoms with Gasteiger partial charge < -0.3 is 9.16 Å². The normalized spacial score (nSPS) is 19.3. The lowest BCUT2D eigenvalue weighted by Crippen LogP contribution is -2.49. The van der Waals surface area contributed by atoms with E-state index in [1.165, 1.54) is 6.20 Å². The quantitative estimate of drug-likeness (QED) is 0.185. The number of pyridine rings is 1. The molecule has 0 N–H and O–H groups in total. The number of ether oxygens (including phenoxy) is 1. The van der Waals surface area contributed by atoms with Gasteiger partial charge in [0, 0.05) is 24.4 Å². The van der Waals surface area contributed by atoms with Crippen LogP contribution in [0.5, 0.6) is 0 Å². The molecule has 1 amide bonds. The van der Waals surface area contributed by atoms with Crippen LogP contribution in [0.4, 0.5) is 11.5 Å². The second-order valence-corrected chi connectivity index (χ2v) is 14.7. The Labute approximate surface area is 194 Å². The average molecular weight is 486 g/mol. The van der Waals surface area contributed by atoms with Crippen molar-refractivity contribution in [2.45, 2.75) is 83.7 Å². The van der Waals surface area contributed by atoms with Crippen LogP contribution in [-0.2, 0) is 18.8 Å². The number of anilines is 1. The highest BCUT2D eigenvalue weighted by Crippen LogP contribution is 2.40. The van der Waals surface area contributed by atoms with E-state index < -0.39 is 36.8 Å². The first kappa shape index (κ1) is 26.2. The molecule has 1 saturated carbocycles. The van der Waals surface area contributed by atoms with Crippen molar-refractivity contribution < 1.29 is 23.7 Å². The van der Waals surface area contributed by atoms with Gasteiger partial charge in [0.1, 0.15) is 0 Å². The predicted octanol–water partition coefficient (Wildman–Crippen LogP) is 4.87.